The van der Waals surface area contributed by atoms with Crippen LogP contribution >= 0.6 is 23.2 Å². The molecule has 4 nitrogen and oxygen atoms in total. The quantitative estimate of drug-likeness (QED) is 0.865. The number of aliphatic hydroxyl groups is 1. The highest BCUT2D eigenvalue weighted by atomic mass is 35.5. The van der Waals surface area contributed by atoms with Crippen molar-refractivity contribution in [3.8, 4) is 5.69 Å². The van der Waals surface area contributed by atoms with Crippen LogP contribution in [0, 0.1) is 5.82 Å². The van der Waals surface area contributed by atoms with Gasteiger partial charge in [0.1, 0.15) is 11.3 Å². The number of benzene rings is 1. The van der Waals surface area contributed by atoms with Crippen LogP contribution in [-0.2, 0) is 5.60 Å². The molecule has 0 unspecified atom stereocenters. The van der Waals surface area contributed by atoms with E-state index < -0.39 is 11.4 Å². The molecular weight excluding hydrogens is 280 g/mol. The summed E-state index contributed by atoms with van der Waals surface area (Å²) in [7, 11) is 0. The topological polar surface area (TPSA) is 50.9 Å². The van der Waals surface area contributed by atoms with E-state index in [2.05, 4.69) is 10.3 Å². The molecule has 0 fully saturated rings. The standard InChI is InChI=1S/C11H10Cl2FN3O/c1-11(2,18)9-5-17(16-15-9)6-3-7(12)10(14)8(13)4-6/h3-5,18H,1-2H3. The predicted octanol–water partition coefficient (Wildman–Crippen LogP) is 2.94. The van der Waals surface area contributed by atoms with Gasteiger partial charge in [0.25, 0.3) is 0 Å². The lowest BCUT2D eigenvalue weighted by atomic mass is 10.1. The molecular formula is C11H10Cl2FN3O. The van der Waals surface area contributed by atoms with Gasteiger partial charge >= 0.3 is 0 Å². The maximum absolute atomic E-state index is 13.3. The SMILES string of the molecule is CC(C)(O)c1cn(-c2cc(Cl)c(F)c(Cl)c2)nn1. The minimum absolute atomic E-state index is 0.0993. The summed E-state index contributed by atoms with van der Waals surface area (Å²) < 4.78 is 14.6. The lowest BCUT2D eigenvalue weighted by molar-refractivity contribution is 0.0737. The molecule has 0 aliphatic heterocycles. The largest absolute Gasteiger partial charge is 0.384 e. The van der Waals surface area contributed by atoms with Crippen LogP contribution in [0.15, 0.2) is 18.3 Å². The Morgan fingerprint density at radius 2 is 1.83 bits per heavy atom. The van der Waals surface area contributed by atoms with Gasteiger partial charge in [-0.3, -0.25) is 0 Å². The van der Waals surface area contributed by atoms with Crippen molar-refractivity contribution in [3.63, 3.8) is 0 Å². The Morgan fingerprint density at radius 1 is 1.28 bits per heavy atom. The Bertz CT molecular complexity index is 569. The molecule has 1 aromatic carbocycles. The van der Waals surface area contributed by atoms with E-state index >= 15 is 0 Å². The molecule has 0 atom stereocenters. The molecule has 1 aromatic heterocycles. The van der Waals surface area contributed by atoms with Gasteiger partial charge < -0.3 is 5.11 Å². The van der Waals surface area contributed by atoms with E-state index in [1.807, 2.05) is 0 Å². The second kappa shape index (κ2) is 4.50. The van der Waals surface area contributed by atoms with E-state index in [-0.39, 0.29) is 10.0 Å². The zero-order valence-electron chi connectivity index (χ0n) is 9.65. The highest BCUT2D eigenvalue weighted by Gasteiger charge is 2.20. The summed E-state index contributed by atoms with van der Waals surface area (Å²) in [6, 6.07) is 2.76. The molecule has 1 N–H and O–H groups in total. The van der Waals surface area contributed by atoms with Crippen molar-refractivity contribution in [2.45, 2.75) is 19.4 Å². The number of rotatable bonds is 2. The fourth-order valence-corrected chi connectivity index (χ4v) is 1.82. The van der Waals surface area contributed by atoms with Crippen molar-refractivity contribution < 1.29 is 9.50 Å². The van der Waals surface area contributed by atoms with Gasteiger partial charge in [-0.25, -0.2) is 9.07 Å². The molecule has 0 bridgehead atoms. The van der Waals surface area contributed by atoms with E-state index in [9.17, 15) is 9.50 Å². The van der Waals surface area contributed by atoms with Crippen molar-refractivity contribution >= 4 is 23.2 Å². The highest BCUT2D eigenvalue weighted by molar-refractivity contribution is 6.35. The number of halogens is 3. The zero-order chi connectivity index (χ0) is 13.5. The van der Waals surface area contributed by atoms with E-state index in [1.54, 1.807) is 13.8 Å². The van der Waals surface area contributed by atoms with Crippen LogP contribution in [0.3, 0.4) is 0 Å². The normalized spacial score (nSPS) is 11.9. The second-order valence-electron chi connectivity index (χ2n) is 4.33. The van der Waals surface area contributed by atoms with Crippen LogP contribution in [0.4, 0.5) is 4.39 Å². The Hall–Kier alpha value is -1.17. The first kappa shape index (κ1) is 13.3. The Balaban J connectivity index is 2.47. The van der Waals surface area contributed by atoms with Gasteiger partial charge in [0.15, 0.2) is 5.82 Å². The highest BCUT2D eigenvalue weighted by Crippen LogP contribution is 2.27. The van der Waals surface area contributed by atoms with Gasteiger partial charge in [-0.05, 0) is 26.0 Å². The molecule has 7 heteroatoms. The minimum atomic E-state index is -1.11. The molecule has 0 spiro atoms. The first-order chi connectivity index (χ1) is 8.29. The minimum Gasteiger partial charge on any atom is -0.384 e. The first-order valence-electron chi connectivity index (χ1n) is 5.09. The molecule has 0 saturated heterocycles. The van der Waals surface area contributed by atoms with Gasteiger partial charge in [0.05, 0.1) is 21.9 Å². The third-order valence-electron chi connectivity index (χ3n) is 2.35. The van der Waals surface area contributed by atoms with Crippen molar-refractivity contribution in [2.75, 3.05) is 0 Å². The van der Waals surface area contributed by atoms with Gasteiger partial charge in [0, 0.05) is 0 Å². The summed E-state index contributed by atoms with van der Waals surface area (Å²) >= 11 is 11.4. The van der Waals surface area contributed by atoms with Crippen LogP contribution < -0.4 is 0 Å². The second-order valence-corrected chi connectivity index (χ2v) is 5.15. The fourth-order valence-electron chi connectivity index (χ4n) is 1.34. The summed E-state index contributed by atoms with van der Waals surface area (Å²) in [6.45, 7) is 3.18. The van der Waals surface area contributed by atoms with Crippen molar-refractivity contribution in [3.05, 3.63) is 39.9 Å². The molecule has 2 aromatic rings. The Kier molecular flexibility index (Phi) is 3.31. The molecule has 18 heavy (non-hydrogen) atoms. The van der Waals surface area contributed by atoms with Gasteiger partial charge in [-0.2, -0.15) is 0 Å². The third-order valence-corrected chi connectivity index (χ3v) is 2.90. The van der Waals surface area contributed by atoms with E-state index in [0.29, 0.717) is 11.4 Å². The summed E-state index contributed by atoms with van der Waals surface area (Å²) in [5, 5.41) is 17.2. The number of hydrogen-bond donors (Lipinski definition) is 1. The van der Waals surface area contributed by atoms with Crippen LogP contribution in [0.5, 0.6) is 0 Å². The van der Waals surface area contributed by atoms with Gasteiger partial charge in [-0.1, -0.05) is 28.4 Å². The zero-order valence-corrected chi connectivity index (χ0v) is 11.2. The Morgan fingerprint density at radius 3 is 2.28 bits per heavy atom. The number of aromatic nitrogens is 3. The molecule has 0 aliphatic carbocycles. The fraction of sp³-hybridized carbons (Fsp3) is 0.273. The Labute approximate surface area is 113 Å². The molecule has 2 rings (SSSR count). The molecule has 0 aliphatic rings. The molecule has 1 heterocycles. The van der Waals surface area contributed by atoms with Crippen molar-refractivity contribution in [1.29, 1.82) is 0 Å². The third kappa shape index (κ3) is 2.48. The van der Waals surface area contributed by atoms with E-state index in [0.717, 1.165) is 0 Å². The lowest BCUT2D eigenvalue weighted by Gasteiger charge is -2.11. The van der Waals surface area contributed by atoms with Crippen LogP contribution in [0.1, 0.15) is 19.5 Å². The molecule has 96 valence electrons. The molecule has 0 amide bonds. The summed E-state index contributed by atoms with van der Waals surface area (Å²) in [4.78, 5) is 0. The molecule has 0 saturated carbocycles. The monoisotopic (exact) mass is 289 g/mol. The molecule has 0 radical (unpaired) electrons. The summed E-state index contributed by atoms with van der Waals surface area (Å²) in [5.74, 6) is -0.676. The predicted molar refractivity (Wildman–Crippen MR) is 66.6 cm³/mol. The van der Waals surface area contributed by atoms with Gasteiger partial charge in [0.2, 0.25) is 0 Å². The smallest absolute Gasteiger partial charge is 0.160 e. The van der Waals surface area contributed by atoms with Crippen LogP contribution in [0.2, 0.25) is 10.0 Å². The van der Waals surface area contributed by atoms with Crippen molar-refractivity contribution in [1.82, 2.24) is 15.0 Å². The number of hydrogen-bond acceptors (Lipinski definition) is 3. The lowest BCUT2D eigenvalue weighted by Crippen LogP contribution is -2.15. The maximum Gasteiger partial charge on any atom is 0.160 e. The van der Waals surface area contributed by atoms with Crippen LogP contribution in [-0.4, -0.2) is 20.1 Å². The van der Waals surface area contributed by atoms with E-state index in [1.165, 1.54) is 23.0 Å². The average Bonchev–Trinajstić information content (AvgIpc) is 2.73. The summed E-state index contributed by atoms with van der Waals surface area (Å²) in [5.41, 5.74) is -0.250. The van der Waals surface area contributed by atoms with Crippen molar-refractivity contribution in [2.24, 2.45) is 0 Å². The first-order valence-corrected chi connectivity index (χ1v) is 5.85. The van der Waals surface area contributed by atoms with Gasteiger partial charge in [-0.15, -0.1) is 5.10 Å². The number of nitrogens with zero attached hydrogens (tertiary/aromatic N) is 3. The van der Waals surface area contributed by atoms with E-state index in [4.69, 9.17) is 23.2 Å². The summed E-state index contributed by atoms with van der Waals surface area (Å²) in [6.07, 6.45) is 1.53. The van der Waals surface area contributed by atoms with Crippen LogP contribution in [0.25, 0.3) is 5.69 Å². The maximum atomic E-state index is 13.3. The average molecular weight is 290 g/mol.